The van der Waals surface area contributed by atoms with E-state index in [9.17, 15) is 5.11 Å². The lowest BCUT2D eigenvalue weighted by Gasteiger charge is -2.16. The summed E-state index contributed by atoms with van der Waals surface area (Å²) in [7, 11) is 0. The Labute approximate surface area is 318 Å². The van der Waals surface area contributed by atoms with Gasteiger partial charge in [-0.1, -0.05) is 6.07 Å². The number of phenols is 1. The van der Waals surface area contributed by atoms with Gasteiger partial charge >= 0.3 is 23.9 Å². The lowest BCUT2D eigenvalue weighted by Crippen LogP contribution is -2.25. The first-order valence-electron chi connectivity index (χ1n) is 16.7. The van der Waals surface area contributed by atoms with Crippen LogP contribution in [-0.4, -0.2) is 117 Å². The molecule has 286 valence electrons. The summed E-state index contributed by atoms with van der Waals surface area (Å²) in [4.78, 5) is 42.6. The van der Waals surface area contributed by atoms with Gasteiger partial charge < -0.3 is 40.5 Å². The molecular weight excluding hydrogens is 776 g/mol. The number of aromatic hydroxyl groups is 1. The number of carbonyl (C=O) groups is 4. The molecule has 53 heavy (non-hydrogen) atoms. The van der Waals surface area contributed by atoms with Crippen LogP contribution in [-0.2, 0) is 25.6 Å². The minimum absolute atomic E-state index is 0. The Morgan fingerprint density at radius 1 is 0.698 bits per heavy atom. The molecule has 0 spiro atoms. The second kappa shape index (κ2) is 21.1. The van der Waals surface area contributed by atoms with Gasteiger partial charge in [0.2, 0.25) is 0 Å². The zero-order valence-electron chi connectivity index (χ0n) is 28.8. The summed E-state index contributed by atoms with van der Waals surface area (Å²) in [6, 6.07) is 20.6. The molecule has 0 saturated carbocycles. The van der Waals surface area contributed by atoms with Gasteiger partial charge in [0.05, 0.1) is 4.47 Å². The average molecular weight is 820 g/mol. The molecule has 2 fully saturated rings. The van der Waals surface area contributed by atoms with E-state index in [1.165, 1.54) is 78.8 Å². The number of fused-ring (bicyclic) bond motifs is 1. The molecule has 16 heteroatoms. The van der Waals surface area contributed by atoms with E-state index in [0.29, 0.717) is 12.4 Å². The van der Waals surface area contributed by atoms with Gasteiger partial charge in [-0.25, -0.2) is 19.2 Å². The smallest absolute Gasteiger partial charge is 0.414 e. The van der Waals surface area contributed by atoms with Crippen molar-refractivity contribution in [1.82, 2.24) is 9.80 Å². The second-order valence-electron chi connectivity index (χ2n) is 12.1. The quantitative estimate of drug-likeness (QED) is 0.125. The largest absolute Gasteiger partial charge is 0.508 e. The maximum Gasteiger partial charge on any atom is 0.414 e. The zero-order chi connectivity index (χ0) is 37.6. The highest BCUT2D eigenvalue weighted by atomic mass is 79.9. The SMILES string of the molecule is O.O=C(O)C(=O)O.O=C(O)C(=O)O.Oc1ccc2c(Cc3ccc(OCCN4CCCC4)c(Br)c3)c(-c3ccc(OCCN4CCCC4)cc3)sc2c1. The Kier molecular flexibility index (Phi) is 17.0. The van der Waals surface area contributed by atoms with Crippen molar-refractivity contribution in [2.45, 2.75) is 32.1 Å². The van der Waals surface area contributed by atoms with Gasteiger partial charge in [-0.3, -0.25) is 9.80 Å². The van der Waals surface area contributed by atoms with Gasteiger partial charge in [0.1, 0.15) is 30.5 Å². The van der Waals surface area contributed by atoms with Gasteiger partial charge in [-0.2, -0.15) is 0 Å². The Bertz CT molecular complexity index is 1790. The van der Waals surface area contributed by atoms with Gasteiger partial charge in [0.25, 0.3) is 0 Å². The summed E-state index contributed by atoms with van der Waals surface area (Å²) >= 11 is 5.48. The highest BCUT2D eigenvalue weighted by molar-refractivity contribution is 9.10. The fraction of sp³-hybridized carbons (Fsp3) is 0.351. The van der Waals surface area contributed by atoms with Crippen molar-refractivity contribution in [1.29, 1.82) is 0 Å². The third-order valence-corrected chi connectivity index (χ3v) is 10.2. The molecule has 0 aliphatic carbocycles. The Morgan fingerprint density at radius 2 is 1.23 bits per heavy atom. The van der Waals surface area contributed by atoms with Crippen LogP contribution in [0.1, 0.15) is 36.8 Å². The summed E-state index contributed by atoms with van der Waals surface area (Å²) in [5.41, 5.74) is 3.66. The molecule has 6 rings (SSSR count). The number of phenolic OH excluding ortho intramolecular Hbond substituents is 1. The molecule has 0 unspecified atom stereocenters. The standard InChI is InChI=1S/C33H37BrN2O3S.2C2H2O4.H2O/c34-30-22-24(5-12-31(30)39-20-18-36-15-3-4-16-36)21-29-28-11-8-26(37)23-32(28)40-33(29)25-6-9-27(10-7-25)38-19-17-35-13-1-2-14-35;2*3-1(4)2(5)6;/h5-12,22-23,37H,1-4,13-21H2;2*(H,3,4)(H,5,6);1H2. The van der Waals surface area contributed by atoms with Crippen molar-refractivity contribution in [3.8, 4) is 27.7 Å². The molecule has 14 nitrogen and oxygen atoms in total. The van der Waals surface area contributed by atoms with Crippen molar-refractivity contribution in [2.75, 3.05) is 52.5 Å². The molecule has 2 saturated heterocycles. The van der Waals surface area contributed by atoms with Gasteiger partial charge in [-0.05, 0) is 151 Å². The summed E-state index contributed by atoms with van der Waals surface area (Å²) < 4.78 is 14.2. The molecule has 2 aliphatic heterocycles. The summed E-state index contributed by atoms with van der Waals surface area (Å²) in [6.45, 7) is 8.16. The van der Waals surface area contributed by atoms with E-state index >= 15 is 0 Å². The number of ether oxygens (including phenoxy) is 2. The number of hydrogen-bond donors (Lipinski definition) is 5. The van der Waals surface area contributed by atoms with Crippen molar-refractivity contribution in [3.63, 3.8) is 0 Å². The van der Waals surface area contributed by atoms with Crippen LogP contribution in [0.25, 0.3) is 20.5 Å². The van der Waals surface area contributed by atoms with Crippen LogP contribution >= 0.6 is 27.3 Å². The molecule has 0 amide bonds. The number of nitrogens with zero attached hydrogens (tertiary/aromatic N) is 2. The van der Waals surface area contributed by atoms with Gasteiger partial charge in [0.15, 0.2) is 0 Å². The number of likely N-dealkylation sites (tertiary alicyclic amines) is 2. The van der Waals surface area contributed by atoms with Crippen molar-refractivity contribution >= 4 is 61.2 Å². The molecular formula is C37H43BrN2O12S. The number of hydrogen-bond acceptors (Lipinski definition) is 10. The lowest BCUT2D eigenvalue weighted by atomic mass is 9.99. The number of halogens is 1. The number of carboxylic acids is 4. The Morgan fingerprint density at radius 3 is 1.74 bits per heavy atom. The zero-order valence-corrected chi connectivity index (χ0v) is 31.2. The summed E-state index contributed by atoms with van der Waals surface area (Å²) in [5.74, 6) is -5.20. The second-order valence-corrected chi connectivity index (χ2v) is 14.0. The van der Waals surface area contributed by atoms with Crippen LogP contribution < -0.4 is 9.47 Å². The lowest BCUT2D eigenvalue weighted by molar-refractivity contribution is -0.159. The molecule has 4 aromatic rings. The number of thiophene rings is 1. The third kappa shape index (κ3) is 13.3. The molecule has 1 aromatic heterocycles. The topological polar surface area (TPSA) is 226 Å². The highest BCUT2D eigenvalue weighted by Gasteiger charge is 2.17. The fourth-order valence-electron chi connectivity index (χ4n) is 5.82. The highest BCUT2D eigenvalue weighted by Crippen LogP contribution is 2.42. The predicted molar refractivity (Wildman–Crippen MR) is 202 cm³/mol. The monoisotopic (exact) mass is 818 g/mol. The number of carboxylic acid groups (broad SMARTS) is 4. The Balaban J connectivity index is 0.000000505. The van der Waals surface area contributed by atoms with Crippen LogP contribution in [0.3, 0.4) is 0 Å². The molecule has 7 N–H and O–H groups in total. The van der Waals surface area contributed by atoms with Crippen molar-refractivity contribution < 1.29 is 59.7 Å². The van der Waals surface area contributed by atoms with Gasteiger partial charge in [0, 0.05) is 22.7 Å². The average Bonchev–Trinajstić information content (AvgIpc) is 3.89. The first-order valence-corrected chi connectivity index (χ1v) is 18.3. The number of rotatable bonds is 11. The van der Waals surface area contributed by atoms with Crippen LogP contribution in [0, 0.1) is 0 Å². The third-order valence-electron chi connectivity index (χ3n) is 8.37. The maximum absolute atomic E-state index is 10.2. The molecule has 0 bridgehead atoms. The van der Waals surface area contributed by atoms with E-state index in [0.717, 1.165) is 46.8 Å². The molecule has 2 aliphatic rings. The van der Waals surface area contributed by atoms with E-state index in [-0.39, 0.29) is 5.48 Å². The van der Waals surface area contributed by atoms with Crippen LogP contribution in [0.15, 0.2) is 65.1 Å². The minimum atomic E-state index is -1.82. The Hall–Kier alpha value is -4.74. The first-order chi connectivity index (χ1) is 24.9. The van der Waals surface area contributed by atoms with E-state index in [1.807, 2.05) is 12.1 Å². The van der Waals surface area contributed by atoms with E-state index in [2.05, 4.69) is 68.2 Å². The van der Waals surface area contributed by atoms with Crippen LogP contribution in [0.2, 0.25) is 0 Å². The summed E-state index contributed by atoms with van der Waals surface area (Å²) in [6.07, 6.45) is 6.00. The minimum Gasteiger partial charge on any atom is -0.508 e. The molecule has 0 atom stereocenters. The first kappa shape index (κ1) is 42.7. The predicted octanol–water partition coefficient (Wildman–Crippen LogP) is 5.06. The number of benzene rings is 3. The molecule has 3 heterocycles. The molecule has 0 radical (unpaired) electrons. The molecule has 3 aromatic carbocycles. The van der Waals surface area contributed by atoms with Crippen molar-refractivity contribution in [2.24, 2.45) is 0 Å². The van der Waals surface area contributed by atoms with Crippen LogP contribution in [0.5, 0.6) is 17.2 Å². The van der Waals surface area contributed by atoms with Crippen LogP contribution in [0.4, 0.5) is 0 Å². The van der Waals surface area contributed by atoms with E-state index in [4.69, 9.17) is 49.1 Å². The van der Waals surface area contributed by atoms with E-state index < -0.39 is 23.9 Å². The number of aliphatic carboxylic acids is 4. The fourth-order valence-corrected chi connectivity index (χ4v) is 7.62. The van der Waals surface area contributed by atoms with E-state index in [1.54, 1.807) is 17.4 Å². The van der Waals surface area contributed by atoms with Crippen molar-refractivity contribution in [3.05, 3.63) is 76.3 Å². The normalized spacial score (nSPS) is 13.9. The maximum atomic E-state index is 10.2. The van der Waals surface area contributed by atoms with Gasteiger partial charge in [-0.15, -0.1) is 11.3 Å². The summed E-state index contributed by atoms with van der Waals surface area (Å²) in [5, 5.41) is 40.9.